The molecule has 2 aromatic heterocycles. The molecule has 1 fully saturated rings. The van der Waals surface area contributed by atoms with Crippen LogP contribution in [0.1, 0.15) is 0 Å². The SMILES string of the molecule is NC1(C(=O)NCC(F)(F)F)CSCN1c1ccnc(-c2c[nH]c3c2=CC(Cl)=CNC=3)n1. The van der Waals surface area contributed by atoms with Crippen LogP contribution in [0.4, 0.5) is 19.0 Å². The number of hydrogen-bond donors (Lipinski definition) is 4. The van der Waals surface area contributed by atoms with Crippen LogP contribution in [0.5, 0.6) is 0 Å². The lowest BCUT2D eigenvalue weighted by Crippen LogP contribution is -2.65. The monoisotopic (exact) mass is 471 g/mol. The van der Waals surface area contributed by atoms with E-state index in [9.17, 15) is 18.0 Å². The number of aromatic amines is 1. The molecule has 0 aliphatic carbocycles. The highest BCUT2D eigenvalue weighted by molar-refractivity contribution is 7.99. The first-order valence-corrected chi connectivity index (χ1v) is 10.5. The summed E-state index contributed by atoms with van der Waals surface area (Å²) in [5.41, 5.74) is 5.23. The van der Waals surface area contributed by atoms with Gasteiger partial charge in [-0.25, -0.2) is 9.97 Å². The molecule has 4 rings (SSSR count). The summed E-state index contributed by atoms with van der Waals surface area (Å²) >= 11 is 7.47. The highest BCUT2D eigenvalue weighted by atomic mass is 35.5. The average Bonchev–Trinajstić information content (AvgIpc) is 3.25. The number of nitrogens with two attached hydrogens (primary N) is 1. The Hall–Kier alpha value is -2.70. The number of anilines is 1. The highest BCUT2D eigenvalue weighted by Gasteiger charge is 2.46. The van der Waals surface area contributed by atoms with Gasteiger partial charge in [-0.3, -0.25) is 10.5 Å². The zero-order valence-electron chi connectivity index (χ0n) is 15.8. The van der Waals surface area contributed by atoms with E-state index in [-0.39, 0.29) is 11.6 Å². The number of amides is 1. The van der Waals surface area contributed by atoms with Crippen LogP contribution in [0.15, 0.2) is 29.7 Å². The lowest BCUT2D eigenvalue weighted by Gasteiger charge is -2.33. The number of alkyl halides is 3. The number of carbonyl (C=O) groups excluding carboxylic acids is 1. The van der Waals surface area contributed by atoms with Crippen LogP contribution < -0.4 is 31.8 Å². The largest absolute Gasteiger partial charge is 0.405 e. The maximum Gasteiger partial charge on any atom is 0.405 e. The van der Waals surface area contributed by atoms with Gasteiger partial charge in [-0.05, 0) is 12.1 Å². The maximum atomic E-state index is 12.5. The van der Waals surface area contributed by atoms with E-state index in [4.69, 9.17) is 17.3 Å². The molecule has 2 aromatic rings. The summed E-state index contributed by atoms with van der Waals surface area (Å²) in [4.78, 5) is 25.9. The quantitative estimate of drug-likeness (QED) is 0.514. The van der Waals surface area contributed by atoms with Crippen molar-refractivity contribution in [1.29, 1.82) is 0 Å². The Morgan fingerprint density at radius 1 is 1.42 bits per heavy atom. The molecule has 1 amide bonds. The molecule has 4 heterocycles. The number of allylic oxidation sites excluding steroid dienone is 1. The van der Waals surface area contributed by atoms with Crippen molar-refractivity contribution in [2.24, 2.45) is 5.73 Å². The van der Waals surface area contributed by atoms with Crippen LogP contribution in [0, 0.1) is 0 Å². The van der Waals surface area contributed by atoms with E-state index in [0.29, 0.717) is 22.2 Å². The number of carbonyl (C=O) groups is 1. The molecule has 0 bridgehead atoms. The molecule has 0 radical (unpaired) electrons. The van der Waals surface area contributed by atoms with Crippen LogP contribution in [-0.4, -0.2) is 50.9 Å². The van der Waals surface area contributed by atoms with Crippen molar-refractivity contribution < 1.29 is 18.0 Å². The molecule has 1 saturated heterocycles. The second-order valence-electron chi connectivity index (χ2n) is 6.88. The first-order chi connectivity index (χ1) is 14.7. The second-order valence-corrected chi connectivity index (χ2v) is 8.27. The average molecular weight is 472 g/mol. The third-order valence-electron chi connectivity index (χ3n) is 4.71. The first kappa shape index (κ1) is 21.5. The Balaban J connectivity index is 1.67. The topological polar surface area (TPSA) is 112 Å². The summed E-state index contributed by atoms with van der Waals surface area (Å²) in [6, 6.07) is 1.56. The summed E-state index contributed by atoms with van der Waals surface area (Å²) in [7, 11) is 0. The number of nitrogens with zero attached hydrogens (tertiary/aromatic N) is 3. The third-order valence-corrected chi connectivity index (χ3v) is 6.01. The van der Waals surface area contributed by atoms with Gasteiger partial charge in [-0.1, -0.05) is 11.6 Å². The molecular formula is C18H17ClF3N7OS. The van der Waals surface area contributed by atoms with Crippen LogP contribution in [0.25, 0.3) is 23.7 Å². The van der Waals surface area contributed by atoms with Crippen molar-refractivity contribution in [3.8, 4) is 11.4 Å². The molecule has 8 nitrogen and oxygen atoms in total. The number of halogens is 4. The van der Waals surface area contributed by atoms with Gasteiger partial charge < -0.3 is 20.5 Å². The maximum absolute atomic E-state index is 12.5. The fourth-order valence-corrected chi connectivity index (χ4v) is 4.61. The van der Waals surface area contributed by atoms with Crippen LogP contribution in [0.3, 0.4) is 0 Å². The summed E-state index contributed by atoms with van der Waals surface area (Å²) < 4.78 is 37.6. The molecule has 164 valence electrons. The van der Waals surface area contributed by atoms with E-state index in [2.05, 4.69) is 20.3 Å². The molecular weight excluding hydrogens is 455 g/mol. The summed E-state index contributed by atoms with van der Waals surface area (Å²) in [6.07, 6.45) is 3.80. The van der Waals surface area contributed by atoms with Crippen molar-refractivity contribution >= 4 is 47.4 Å². The molecule has 2 aliphatic heterocycles. The zero-order valence-corrected chi connectivity index (χ0v) is 17.4. The summed E-state index contributed by atoms with van der Waals surface area (Å²) in [6.45, 7) is -1.46. The van der Waals surface area contributed by atoms with Gasteiger partial charge in [0.05, 0.1) is 16.3 Å². The van der Waals surface area contributed by atoms with Crippen LogP contribution in [0.2, 0.25) is 0 Å². The van der Waals surface area contributed by atoms with E-state index in [1.807, 2.05) is 5.32 Å². The molecule has 1 unspecified atom stereocenters. The zero-order chi connectivity index (χ0) is 22.2. The van der Waals surface area contributed by atoms with Gasteiger partial charge in [0, 0.05) is 41.3 Å². The first-order valence-electron chi connectivity index (χ1n) is 9.01. The van der Waals surface area contributed by atoms with Crippen molar-refractivity contribution in [2.75, 3.05) is 23.1 Å². The minimum atomic E-state index is -4.53. The molecule has 5 N–H and O–H groups in total. The fraction of sp³-hybridized carbons (Fsp3) is 0.278. The number of fused-ring (bicyclic) bond motifs is 1. The van der Waals surface area contributed by atoms with Gasteiger partial charge in [-0.15, -0.1) is 11.8 Å². The van der Waals surface area contributed by atoms with Crippen molar-refractivity contribution in [3.05, 3.63) is 40.3 Å². The molecule has 0 saturated carbocycles. The number of H-pyrrole nitrogens is 1. The standard InChI is InChI=1S/C18H17ClF3N7OS/c19-10-3-11-12(5-26-13(11)6-24-4-10)15-25-2-1-14(28-15)29-9-31-8-17(29,23)16(30)27-7-18(20,21)22/h1-6,24,26H,7-9,23H2,(H,27,30). The van der Waals surface area contributed by atoms with E-state index in [0.717, 1.165) is 10.6 Å². The molecule has 13 heteroatoms. The third kappa shape index (κ3) is 4.36. The summed E-state index contributed by atoms with van der Waals surface area (Å²) in [5, 5.41) is 6.83. The lowest BCUT2D eigenvalue weighted by atomic mass is 10.1. The lowest BCUT2D eigenvalue weighted by molar-refractivity contribution is -0.141. The minimum absolute atomic E-state index is 0.115. The Morgan fingerprint density at radius 3 is 3.00 bits per heavy atom. The number of rotatable bonds is 4. The Kier molecular flexibility index (Phi) is 5.62. The van der Waals surface area contributed by atoms with Gasteiger partial charge in [0.25, 0.3) is 5.91 Å². The van der Waals surface area contributed by atoms with Crippen LogP contribution in [-0.2, 0) is 4.79 Å². The van der Waals surface area contributed by atoms with Gasteiger partial charge >= 0.3 is 6.18 Å². The highest BCUT2D eigenvalue weighted by Crippen LogP contribution is 2.32. The predicted molar refractivity (Wildman–Crippen MR) is 113 cm³/mol. The summed E-state index contributed by atoms with van der Waals surface area (Å²) in [5.74, 6) is 0.157. The van der Waals surface area contributed by atoms with E-state index >= 15 is 0 Å². The van der Waals surface area contributed by atoms with E-state index < -0.39 is 24.3 Å². The Morgan fingerprint density at radius 2 is 2.23 bits per heavy atom. The smallest absolute Gasteiger partial charge is 0.365 e. The molecule has 2 aliphatic rings. The van der Waals surface area contributed by atoms with Crippen molar-refractivity contribution in [2.45, 2.75) is 11.8 Å². The van der Waals surface area contributed by atoms with Gasteiger partial charge in [0.1, 0.15) is 12.4 Å². The van der Waals surface area contributed by atoms with Gasteiger partial charge in [0.2, 0.25) is 0 Å². The van der Waals surface area contributed by atoms with E-state index in [1.165, 1.54) is 22.9 Å². The molecule has 1 atom stereocenters. The number of hydrogen-bond acceptors (Lipinski definition) is 7. The van der Waals surface area contributed by atoms with E-state index in [1.54, 1.807) is 30.7 Å². The predicted octanol–water partition coefficient (Wildman–Crippen LogP) is 0.518. The Bertz CT molecular complexity index is 1170. The number of thioether (sulfide) groups is 1. The van der Waals surface area contributed by atoms with Crippen molar-refractivity contribution in [1.82, 2.24) is 25.6 Å². The normalized spacial score (nSPS) is 20.7. The second kappa shape index (κ2) is 8.09. The van der Waals surface area contributed by atoms with Gasteiger partial charge in [-0.2, -0.15) is 13.2 Å². The molecule has 0 spiro atoms. The van der Waals surface area contributed by atoms with Gasteiger partial charge in [0.15, 0.2) is 11.5 Å². The number of nitrogens with one attached hydrogen (secondary N) is 3. The minimum Gasteiger partial charge on any atom is -0.365 e. The van der Waals surface area contributed by atoms with Crippen LogP contribution >= 0.6 is 23.4 Å². The Labute approximate surface area is 183 Å². The number of aromatic nitrogens is 3. The molecule has 0 aromatic carbocycles. The van der Waals surface area contributed by atoms with Crippen molar-refractivity contribution in [3.63, 3.8) is 0 Å². The molecule has 31 heavy (non-hydrogen) atoms. The fourth-order valence-electron chi connectivity index (χ4n) is 3.20.